The molecule has 1 fully saturated rings. The number of cyclic esters (lactones) is 1. The average Bonchev–Trinajstić information content (AvgIpc) is 3.07. The van der Waals surface area contributed by atoms with E-state index in [9.17, 15) is 69.6 Å². The van der Waals surface area contributed by atoms with Gasteiger partial charge in [-0.3, -0.25) is 4.79 Å². The fraction of sp³-hybridized carbons (Fsp3) is 0.917. The van der Waals surface area contributed by atoms with Crippen LogP contribution in [0, 0.1) is 0 Å². The minimum atomic E-state index is -7.27. The van der Waals surface area contributed by atoms with Crippen LogP contribution in [0.2, 0.25) is 0 Å². The molecule has 0 aromatic carbocycles. The van der Waals surface area contributed by atoms with Crippen molar-refractivity contribution in [2.45, 2.75) is 34.4 Å². The summed E-state index contributed by atoms with van der Waals surface area (Å²) in [7, 11) is -20.3. The van der Waals surface area contributed by atoms with Crippen LogP contribution >= 0.6 is 0 Å². The number of hydrogen-bond acceptors (Lipinski definition) is 9. The predicted molar refractivity (Wildman–Crippen MR) is 92.8 cm³/mol. The van der Waals surface area contributed by atoms with Crippen LogP contribution in [-0.2, 0) is 39.2 Å². The van der Waals surface area contributed by atoms with Gasteiger partial charge in [-0.1, -0.05) is 0 Å². The zero-order chi connectivity index (χ0) is 27.0. The normalized spacial score (nSPS) is 19.3. The van der Waals surface area contributed by atoms with Gasteiger partial charge >= 0.3 is 27.9 Å². The van der Waals surface area contributed by atoms with Gasteiger partial charge in [-0.25, -0.2) is 30.0 Å². The van der Waals surface area contributed by atoms with Gasteiger partial charge in [0.25, 0.3) is 10.0 Å². The van der Waals surface area contributed by atoms with Crippen LogP contribution in [0.3, 0.4) is 0 Å². The summed E-state index contributed by atoms with van der Waals surface area (Å²) in [5, 5.41) is -11.6. The van der Waals surface area contributed by atoms with Crippen molar-refractivity contribution in [3.63, 3.8) is 0 Å². The van der Waals surface area contributed by atoms with Gasteiger partial charge in [0.2, 0.25) is 19.7 Å². The van der Waals surface area contributed by atoms with Crippen LogP contribution in [0.25, 0.3) is 0 Å². The molecule has 1 heterocycles. The molecule has 0 saturated carbocycles. The third-order valence-corrected chi connectivity index (χ3v) is 9.18. The number of sulfonamides is 1. The van der Waals surface area contributed by atoms with Crippen molar-refractivity contribution in [2.75, 3.05) is 31.2 Å². The maximum Gasteiger partial charge on any atom is 0.497 e. The van der Waals surface area contributed by atoms with Gasteiger partial charge in [0.05, 0.1) is 18.1 Å². The van der Waals surface area contributed by atoms with Crippen molar-refractivity contribution in [1.82, 2.24) is 10.0 Å². The summed E-state index contributed by atoms with van der Waals surface area (Å²) in [5.74, 6) is -13.7. The third kappa shape index (κ3) is 5.70. The molecule has 1 aliphatic rings. The van der Waals surface area contributed by atoms with E-state index in [4.69, 9.17) is 0 Å². The van der Waals surface area contributed by atoms with Crippen LogP contribution in [0.15, 0.2) is 0 Å². The number of hydrogen-bond donors (Lipinski definition) is 2. The Bertz CT molecular complexity index is 1090. The smallest absolute Gasteiger partial charge is 0.464 e. The zero-order valence-electron chi connectivity index (χ0n) is 16.2. The Morgan fingerprint density at radius 3 is 1.74 bits per heavy atom. The summed E-state index contributed by atoms with van der Waals surface area (Å²) in [4.78, 5) is 11.1. The lowest BCUT2D eigenvalue weighted by atomic mass is 10.2. The second-order valence-electron chi connectivity index (χ2n) is 6.55. The van der Waals surface area contributed by atoms with Crippen LogP contribution in [0.4, 0.5) is 39.5 Å². The lowest BCUT2D eigenvalue weighted by molar-refractivity contribution is -0.244. The van der Waals surface area contributed by atoms with Crippen molar-refractivity contribution in [2.24, 2.45) is 0 Å². The fourth-order valence-corrected chi connectivity index (χ4v) is 6.04. The highest BCUT2D eigenvalue weighted by Crippen LogP contribution is 2.50. The number of sulfone groups is 2. The molecule has 0 aliphatic carbocycles. The minimum Gasteiger partial charge on any atom is -0.464 e. The summed E-state index contributed by atoms with van der Waals surface area (Å²) in [5.41, 5.74) is -6.18. The summed E-state index contributed by atoms with van der Waals surface area (Å²) < 4.78 is 193. The van der Waals surface area contributed by atoms with E-state index in [0.29, 0.717) is 0 Å². The van der Waals surface area contributed by atoms with E-state index in [-0.39, 0.29) is 13.0 Å². The van der Waals surface area contributed by atoms with Gasteiger partial charge < -0.3 is 10.1 Å². The van der Waals surface area contributed by atoms with Gasteiger partial charge in [-0.05, 0) is 0 Å². The topological polar surface area (TPSA) is 153 Å². The van der Waals surface area contributed by atoms with Gasteiger partial charge in [0, 0.05) is 19.5 Å². The summed E-state index contributed by atoms with van der Waals surface area (Å²) in [6.07, 6.45) is 0.0773. The largest absolute Gasteiger partial charge is 0.497 e. The molecule has 1 unspecified atom stereocenters. The molecule has 202 valence electrons. The van der Waals surface area contributed by atoms with E-state index in [1.807, 2.05) is 0 Å². The molecule has 22 heteroatoms. The standard InChI is InChI=1S/C12H15F9N2O8S3/c13-9(14,10(15,16)32(25,26)5-6-33(27,28)12(19,20)21)11(17,18)34(29,30)23-3-2-22-7-1-4-31-8(7)24/h7,22-23H,1-6H2. The summed E-state index contributed by atoms with van der Waals surface area (Å²) in [6, 6.07) is -1.01. The van der Waals surface area contributed by atoms with Gasteiger partial charge in [0.15, 0.2) is 0 Å². The minimum absolute atomic E-state index is 0.0413. The van der Waals surface area contributed by atoms with Gasteiger partial charge in [0.1, 0.15) is 6.04 Å². The van der Waals surface area contributed by atoms with E-state index >= 15 is 0 Å². The van der Waals surface area contributed by atoms with E-state index < -0.39 is 88.2 Å². The summed E-state index contributed by atoms with van der Waals surface area (Å²) >= 11 is 0. The highest BCUT2D eigenvalue weighted by Gasteiger charge is 2.81. The van der Waals surface area contributed by atoms with E-state index in [1.165, 1.54) is 0 Å². The molecule has 10 nitrogen and oxygen atoms in total. The first-order valence-electron chi connectivity index (χ1n) is 8.48. The number of nitrogens with one attached hydrogen (secondary N) is 2. The maximum atomic E-state index is 13.9. The van der Waals surface area contributed by atoms with Crippen molar-refractivity contribution in [1.29, 1.82) is 0 Å². The number of rotatable bonds is 12. The lowest BCUT2D eigenvalue weighted by Gasteiger charge is -2.31. The Morgan fingerprint density at radius 2 is 1.29 bits per heavy atom. The van der Waals surface area contributed by atoms with Crippen LogP contribution in [-0.4, -0.2) is 90.4 Å². The van der Waals surface area contributed by atoms with Crippen LogP contribution in [0.5, 0.6) is 0 Å². The molecule has 1 atom stereocenters. The Labute approximate surface area is 186 Å². The number of esters is 1. The number of ether oxygens (including phenoxy) is 1. The average molecular weight is 582 g/mol. The molecular formula is C12H15F9N2O8S3. The van der Waals surface area contributed by atoms with Gasteiger partial charge in [-0.2, -0.15) is 39.5 Å². The first-order chi connectivity index (χ1) is 14.9. The predicted octanol–water partition coefficient (Wildman–Crippen LogP) is -0.0188. The molecule has 0 spiro atoms. The Balaban J connectivity index is 3.04. The van der Waals surface area contributed by atoms with Gasteiger partial charge in [-0.15, -0.1) is 0 Å². The highest BCUT2D eigenvalue weighted by atomic mass is 32.2. The molecule has 1 aliphatic heterocycles. The monoisotopic (exact) mass is 582 g/mol. The molecule has 1 rings (SSSR count). The summed E-state index contributed by atoms with van der Waals surface area (Å²) in [6.45, 7) is -1.90. The zero-order valence-corrected chi connectivity index (χ0v) is 18.7. The number of halogens is 9. The fourth-order valence-electron chi connectivity index (χ4n) is 2.20. The first kappa shape index (κ1) is 30.6. The first-order valence-corrected chi connectivity index (χ1v) is 13.3. The van der Waals surface area contributed by atoms with Crippen molar-refractivity contribution < 1.29 is 74.3 Å². The molecule has 0 amide bonds. The number of carbonyl (C=O) groups excluding carboxylic acids is 1. The van der Waals surface area contributed by atoms with E-state index in [0.717, 1.165) is 4.72 Å². The molecular weight excluding hydrogens is 567 g/mol. The SMILES string of the molecule is O=C1OCCC1NCCNS(=O)(=O)C(F)(F)C(F)(F)C(F)(F)S(=O)(=O)CCS(=O)(=O)C(F)(F)F. The molecule has 0 bridgehead atoms. The molecule has 0 aromatic rings. The van der Waals surface area contributed by atoms with Crippen LogP contribution < -0.4 is 10.0 Å². The molecule has 0 radical (unpaired) electrons. The maximum absolute atomic E-state index is 13.9. The van der Waals surface area contributed by atoms with Crippen LogP contribution in [0.1, 0.15) is 6.42 Å². The number of alkyl halides is 9. The molecule has 1 saturated heterocycles. The molecule has 2 N–H and O–H groups in total. The Hall–Kier alpha value is -1.39. The lowest BCUT2D eigenvalue weighted by Crippen LogP contribution is -2.63. The van der Waals surface area contributed by atoms with Crippen molar-refractivity contribution in [3.05, 3.63) is 0 Å². The Kier molecular flexibility index (Phi) is 8.63. The van der Waals surface area contributed by atoms with Crippen molar-refractivity contribution >= 4 is 35.7 Å². The quantitative estimate of drug-likeness (QED) is 0.184. The Morgan fingerprint density at radius 1 is 0.794 bits per heavy atom. The van der Waals surface area contributed by atoms with Crippen molar-refractivity contribution in [3.8, 4) is 0 Å². The second kappa shape index (κ2) is 9.58. The highest BCUT2D eigenvalue weighted by molar-refractivity contribution is 7.96. The third-order valence-electron chi connectivity index (χ3n) is 4.18. The second-order valence-corrected chi connectivity index (χ2v) is 12.6. The number of carbonyl (C=O) groups is 1. The molecule has 0 aromatic heterocycles. The van der Waals surface area contributed by atoms with E-state index in [1.54, 1.807) is 0 Å². The van der Waals surface area contributed by atoms with E-state index in [2.05, 4.69) is 10.1 Å². The molecule has 34 heavy (non-hydrogen) atoms.